The van der Waals surface area contributed by atoms with Gasteiger partial charge in [0.05, 0.1) is 30.9 Å². The fraction of sp³-hybridized carbons (Fsp3) is 1.00. The van der Waals surface area contributed by atoms with E-state index < -0.39 is 5.79 Å². The Labute approximate surface area is 134 Å². The van der Waals surface area contributed by atoms with Crippen LogP contribution < -0.4 is 0 Å². The Morgan fingerprint density at radius 1 is 1.14 bits per heavy atom. The van der Waals surface area contributed by atoms with Crippen molar-refractivity contribution >= 4 is 0 Å². The zero-order valence-electron chi connectivity index (χ0n) is 15.0. The van der Waals surface area contributed by atoms with Crippen molar-refractivity contribution < 1.29 is 19.8 Å². The van der Waals surface area contributed by atoms with Crippen LogP contribution >= 0.6 is 0 Å². The first-order valence-electron chi connectivity index (χ1n) is 8.52. The molecule has 0 bridgehead atoms. The monoisotopic (exact) mass is 316 g/mol. The van der Waals surface area contributed by atoms with Gasteiger partial charge in [0.1, 0.15) is 0 Å². The standard InChI is InChI=1S/C17H33NO4/c1-7-15(5)9-17(13(3)16(6,8-2)18(15)20)21-11-14(4,10-19)12-22-17/h13,19-20H,7-12H2,1-6H3/p+1. The fourth-order valence-electron chi connectivity index (χ4n) is 3.91. The van der Waals surface area contributed by atoms with Crippen molar-refractivity contribution in [1.82, 2.24) is 5.06 Å². The molecule has 0 radical (unpaired) electrons. The van der Waals surface area contributed by atoms with Gasteiger partial charge in [0.2, 0.25) is 0 Å². The van der Waals surface area contributed by atoms with Crippen LogP contribution in [0.25, 0.3) is 0 Å². The Kier molecular flexibility index (Phi) is 4.71. The van der Waals surface area contributed by atoms with Gasteiger partial charge in [-0.2, -0.15) is 0 Å². The minimum atomic E-state index is -0.651. The van der Waals surface area contributed by atoms with E-state index >= 15 is 0 Å². The third-order valence-corrected chi connectivity index (χ3v) is 6.46. The number of hydrogen-bond donors (Lipinski definition) is 1. The summed E-state index contributed by atoms with van der Waals surface area (Å²) in [4.78, 5) is 0. The first kappa shape index (κ1) is 18.1. The first-order valence-corrected chi connectivity index (χ1v) is 8.52. The number of ether oxygens (including phenoxy) is 2. The largest absolute Gasteiger partial charge is 0.396 e. The number of piperidine rings is 1. The van der Waals surface area contributed by atoms with Gasteiger partial charge in [-0.3, -0.25) is 0 Å². The fourth-order valence-corrected chi connectivity index (χ4v) is 3.91. The lowest BCUT2D eigenvalue weighted by Gasteiger charge is -2.60. The molecule has 5 nitrogen and oxygen atoms in total. The van der Waals surface area contributed by atoms with Crippen LogP contribution in [-0.2, 0) is 9.47 Å². The first-order chi connectivity index (χ1) is 10.1. The van der Waals surface area contributed by atoms with Crippen LogP contribution in [0.3, 0.4) is 0 Å². The van der Waals surface area contributed by atoms with E-state index in [1.165, 1.54) is 0 Å². The topological polar surface area (TPSA) is 64.8 Å². The van der Waals surface area contributed by atoms with Gasteiger partial charge in [-0.15, -0.1) is 0 Å². The van der Waals surface area contributed by atoms with Crippen LogP contribution in [0.15, 0.2) is 0 Å². The van der Waals surface area contributed by atoms with Gasteiger partial charge in [0.15, 0.2) is 5.79 Å². The predicted molar refractivity (Wildman–Crippen MR) is 86.5 cm³/mol. The van der Waals surface area contributed by atoms with E-state index in [-0.39, 0.29) is 29.0 Å². The number of aliphatic hydroxyl groups is 1. The molecule has 5 heteroatoms. The van der Waals surface area contributed by atoms with Crippen molar-refractivity contribution in [2.75, 3.05) is 19.8 Å². The van der Waals surface area contributed by atoms with E-state index in [1.54, 1.807) is 5.06 Å². The Morgan fingerprint density at radius 3 is 2.09 bits per heavy atom. The van der Waals surface area contributed by atoms with Crippen molar-refractivity contribution in [2.24, 2.45) is 11.3 Å². The smallest absolute Gasteiger partial charge is 0.174 e. The molecule has 2 saturated heterocycles. The molecule has 1 spiro atoms. The maximum absolute atomic E-state index is 9.54. The van der Waals surface area contributed by atoms with Crippen molar-refractivity contribution in [3.8, 4) is 0 Å². The van der Waals surface area contributed by atoms with Crippen molar-refractivity contribution in [3.05, 3.63) is 0 Å². The molecule has 3 atom stereocenters. The second-order valence-corrected chi connectivity index (χ2v) is 8.15. The molecular formula is C17H34NO4+. The minimum absolute atomic E-state index is 0.0676. The molecule has 0 amide bonds. The van der Waals surface area contributed by atoms with E-state index in [9.17, 15) is 5.11 Å². The molecule has 0 aromatic carbocycles. The van der Waals surface area contributed by atoms with E-state index in [4.69, 9.17) is 14.7 Å². The Hall–Kier alpha value is -0.200. The second kappa shape index (κ2) is 5.71. The average molecular weight is 316 g/mol. The lowest BCUT2D eigenvalue weighted by Crippen LogP contribution is -2.73. The summed E-state index contributed by atoms with van der Waals surface area (Å²) in [7, 11) is 0. The summed E-state index contributed by atoms with van der Waals surface area (Å²) < 4.78 is 12.6. The van der Waals surface area contributed by atoms with Crippen LogP contribution in [0, 0.1) is 11.3 Å². The number of rotatable bonds is 3. The van der Waals surface area contributed by atoms with Crippen LogP contribution in [0.1, 0.15) is 60.8 Å². The lowest BCUT2D eigenvalue weighted by atomic mass is 9.67. The molecule has 0 aromatic rings. The van der Waals surface area contributed by atoms with Crippen LogP contribution in [-0.4, -0.2) is 52.1 Å². The Balaban J connectivity index is 2.36. The van der Waals surface area contributed by atoms with Crippen molar-refractivity contribution in [3.63, 3.8) is 0 Å². The second-order valence-electron chi connectivity index (χ2n) is 8.15. The molecule has 3 N–H and O–H groups in total. The molecule has 2 fully saturated rings. The average Bonchev–Trinajstić information content (AvgIpc) is 2.54. The zero-order chi connectivity index (χ0) is 16.8. The number of hydrogen-bond acceptors (Lipinski definition) is 4. The molecular weight excluding hydrogens is 282 g/mol. The van der Waals surface area contributed by atoms with E-state index in [0.717, 1.165) is 12.8 Å². The van der Waals surface area contributed by atoms with Crippen LogP contribution in [0.5, 0.6) is 0 Å². The van der Waals surface area contributed by atoms with Gasteiger partial charge >= 0.3 is 0 Å². The lowest BCUT2D eigenvalue weighted by molar-refractivity contribution is -0.401. The van der Waals surface area contributed by atoms with Gasteiger partial charge < -0.3 is 19.8 Å². The predicted octanol–water partition coefficient (Wildman–Crippen LogP) is 2.05. The molecule has 0 saturated carbocycles. The van der Waals surface area contributed by atoms with Gasteiger partial charge in [-0.05, 0) is 26.7 Å². The number of nitrogens with zero attached hydrogens (tertiary/aromatic N) is 1. The van der Waals surface area contributed by atoms with Gasteiger partial charge in [0.25, 0.3) is 0 Å². The highest BCUT2D eigenvalue weighted by Gasteiger charge is 2.64. The summed E-state index contributed by atoms with van der Waals surface area (Å²) >= 11 is 0. The van der Waals surface area contributed by atoms with E-state index in [2.05, 4.69) is 34.6 Å². The van der Waals surface area contributed by atoms with Crippen LogP contribution in [0.4, 0.5) is 0 Å². The maximum Gasteiger partial charge on any atom is 0.174 e. The molecule has 2 aliphatic rings. The summed E-state index contributed by atoms with van der Waals surface area (Å²) in [6.07, 6.45) is 2.45. The van der Waals surface area contributed by atoms with Crippen LogP contribution in [0.2, 0.25) is 0 Å². The highest BCUT2D eigenvalue weighted by atomic mass is 16.7. The molecule has 2 aliphatic heterocycles. The Bertz CT molecular complexity index is 407. The highest BCUT2D eigenvalue weighted by molar-refractivity contribution is 5.08. The summed E-state index contributed by atoms with van der Waals surface area (Å²) in [5.74, 6) is -0.563. The SMILES string of the molecule is CCC1(C)CC2(OCC(C)(CO)CO2)C(C)C(C)(CC)N1[OH2+]. The van der Waals surface area contributed by atoms with Gasteiger partial charge in [0, 0.05) is 17.8 Å². The van der Waals surface area contributed by atoms with Gasteiger partial charge in [-0.25, -0.2) is 0 Å². The third-order valence-electron chi connectivity index (χ3n) is 6.46. The summed E-state index contributed by atoms with van der Waals surface area (Å²) in [5, 5.41) is 20.0. The summed E-state index contributed by atoms with van der Waals surface area (Å²) in [5.41, 5.74) is -0.894. The molecule has 130 valence electrons. The van der Waals surface area contributed by atoms with E-state index in [0.29, 0.717) is 19.6 Å². The molecule has 2 rings (SSSR count). The number of hydroxylamine groups is 2. The number of aliphatic hydroxyl groups excluding tert-OH is 1. The summed E-state index contributed by atoms with van der Waals surface area (Å²) in [6, 6.07) is 0. The van der Waals surface area contributed by atoms with E-state index in [1.807, 2.05) is 6.92 Å². The van der Waals surface area contributed by atoms with Crippen molar-refractivity contribution in [1.29, 1.82) is 0 Å². The molecule has 2 heterocycles. The summed E-state index contributed by atoms with van der Waals surface area (Å²) in [6.45, 7) is 13.7. The maximum atomic E-state index is 9.54. The molecule has 0 aliphatic carbocycles. The highest BCUT2D eigenvalue weighted by Crippen LogP contribution is 2.53. The zero-order valence-corrected chi connectivity index (χ0v) is 15.0. The quantitative estimate of drug-likeness (QED) is 0.809. The third kappa shape index (κ3) is 2.51. The minimum Gasteiger partial charge on any atom is -0.396 e. The Morgan fingerprint density at radius 2 is 1.68 bits per heavy atom. The molecule has 22 heavy (non-hydrogen) atoms. The molecule has 3 unspecified atom stereocenters. The molecule has 0 aromatic heterocycles. The normalized spacial score (nSPS) is 50.5. The van der Waals surface area contributed by atoms with Crippen molar-refractivity contribution in [2.45, 2.75) is 77.7 Å². The van der Waals surface area contributed by atoms with Gasteiger partial charge in [-0.1, -0.05) is 32.8 Å².